The third-order valence-corrected chi connectivity index (χ3v) is 5.67. The Morgan fingerprint density at radius 3 is 2.79 bits per heavy atom. The smallest absolute Gasteiger partial charge is 0.257 e. The summed E-state index contributed by atoms with van der Waals surface area (Å²) in [5.41, 5.74) is 5.15. The summed E-state index contributed by atoms with van der Waals surface area (Å²) in [6.07, 6.45) is 1.29. The van der Waals surface area contributed by atoms with E-state index < -0.39 is 0 Å². The Kier molecular flexibility index (Phi) is 4.83. The normalized spacial score (nSPS) is 11.0. The van der Waals surface area contributed by atoms with Crippen molar-refractivity contribution >= 4 is 22.9 Å². The summed E-state index contributed by atoms with van der Waals surface area (Å²) in [6.45, 7) is 6.73. The van der Waals surface area contributed by atoms with E-state index in [1.54, 1.807) is 11.3 Å². The second kappa shape index (κ2) is 7.44. The summed E-state index contributed by atoms with van der Waals surface area (Å²) < 4.78 is 7.42. The molecule has 1 aromatic carbocycles. The number of amides is 1. The molecule has 0 fully saturated rings. The summed E-state index contributed by atoms with van der Waals surface area (Å²) in [6, 6.07) is 11.8. The molecule has 7 heteroatoms. The number of carbonyl (C=O) groups excluding carboxylic acids is 1. The van der Waals surface area contributed by atoms with Gasteiger partial charge in [0.2, 0.25) is 12.3 Å². The molecule has 4 rings (SSSR count). The Morgan fingerprint density at radius 2 is 2.07 bits per heavy atom. The number of aryl methyl sites for hydroxylation is 2. The zero-order valence-electron chi connectivity index (χ0n) is 15.9. The topological polar surface area (TPSA) is 73.0 Å². The van der Waals surface area contributed by atoms with Crippen molar-refractivity contribution in [3.63, 3.8) is 0 Å². The number of thiophene rings is 1. The molecule has 3 aromatic heterocycles. The van der Waals surface area contributed by atoms with E-state index in [9.17, 15) is 4.79 Å². The molecule has 0 spiro atoms. The molecule has 0 unspecified atom stereocenters. The predicted octanol–water partition coefficient (Wildman–Crippen LogP) is 4.83. The third kappa shape index (κ3) is 3.48. The predicted molar refractivity (Wildman–Crippen MR) is 110 cm³/mol. The lowest BCUT2D eigenvalue weighted by molar-refractivity contribution is 0.102. The highest BCUT2D eigenvalue weighted by Crippen LogP contribution is 2.25. The Morgan fingerprint density at radius 1 is 1.21 bits per heavy atom. The molecule has 0 atom stereocenters. The van der Waals surface area contributed by atoms with Crippen LogP contribution in [0.25, 0.3) is 11.5 Å². The average Bonchev–Trinajstić information content (AvgIpc) is 3.42. The number of rotatable bonds is 5. The Bertz CT molecular complexity index is 1110. The van der Waals surface area contributed by atoms with Gasteiger partial charge in [0.25, 0.3) is 5.91 Å². The van der Waals surface area contributed by atoms with Crippen molar-refractivity contribution in [1.29, 1.82) is 0 Å². The highest BCUT2D eigenvalue weighted by molar-refractivity contribution is 7.09. The number of aromatic nitrogens is 3. The second-order valence-corrected chi connectivity index (χ2v) is 7.71. The zero-order chi connectivity index (χ0) is 19.7. The lowest BCUT2D eigenvalue weighted by Gasteiger charge is -2.11. The fourth-order valence-electron chi connectivity index (χ4n) is 3.21. The summed E-state index contributed by atoms with van der Waals surface area (Å²) in [5.74, 6) is 0.293. The van der Waals surface area contributed by atoms with Gasteiger partial charge in [-0.2, -0.15) is 0 Å². The van der Waals surface area contributed by atoms with Gasteiger partial charge in [-0.05, 0) is 56.0 Å². The van der Waals surface area contributed by atoms with Gasteiger partial charge in [0.05, 0.1) is 12.1 Å². The number of nitrogens with one attached hydrogen (secondary N) is 1. The minimum absolute atomic E-state index is 0.128. The van der Waals surface area contributed by atoms with Crippen molar-refractivity contribution in [2.45, 2.75) is 27.3 Å². The monoisotopic (exact) mass is 392 g/mol. The molecular weight excluding hydrogens is 372 g/mol. The van der Waals surface area contributed by atoms with Gasteiger partial charge < -0.3 is 14.3 Å². The highest BCUT2D eigenvalue weighted by Gasteiger charge is 2.17. The van der Waals surface area contributed by atoms with Crippen molar-refractivity contribution in [2.24, 2.45) is 0 Å². The molecule has 6 nitrogen and oxygen atoms in total. The van der Waals surface area contributed by atoms with Gasteiger partial charge in [-0.15, -0.1) is 21.5 Å². The van der Waals surface area contributed by atoms with E-state index in [0.717, 1.165) is 34.7 Å². The first-order chi connectivity index (χ1) is 13.5. The lowest BCUT2D eigenvalue weighted by atomic mass is 10.1. The van der Waals surface area contributed by atoms with E-state index in [4.69, 9.17) is 4.42 Å². The average molecular weight is 392 g/mol. The van der Waals surface area contributed by atoms with Gasteiger partial charge >= 0.3 is 0 Å². The molecular formula is C21H20N4O2S. The van der Waals surface area contributed by atoms with E-state index in [0.29, 0.717) is 11.5 Å². The highest BCUT2D eigenvalue weighted by atomic mass is 32.1. The van der Waals surface area contributed by atoms with Crippen LogP contribution in [0.15, 0.2) is 52.6 Å². The standard InChI is InChI=1S/C21H20N4O2S/c1-13-6-7-16(21-24-22-12-27-21)10-19(13)23-20(26)18-9-14(2)25(15(18)3)11-17-5-4-8-28-17/h4-10,12H,11H2,1-3H3,(H,23,26). The number of hydrogen-bond acceptors (Lipinski definition) is 5. The fraction of sp³-hybridized carbons (Fsp3) is 0.190. The van der Waals surface area contributed by atoms with E-state index in [1.165, 1.54) is 11.3 Å². The van der Waals surface area contributed by atoms with Crippen LogP contribution in [-0.4, -0.2) is 20.7 Å². The molecule has 0 aliphatic carbocycles. The Hall–Kier alpha value is -3.19. The van der Waals surface area contributed by atoms with Gasteiger partial charge in [0, 0.05) is 27.5 Å². The van der Waals surface area contributed by atoms with Crippen LogP contribution in [0.2, 0.25) is 0 Å². The fourth-order valence-corrected chi connectivity index (χ4v) is 3.90. The van der Waals surface area contributed by atoms with Gasteiger partial charge in [-0.1, -0.05) is 12.1 Å². The lowest BCUT2D eigenvalue weighted by Crippen LogP contribution is -2.14. The molecule has 1 N–H and O–H groups in total. The molecule has 1 amide bonds. The first kappa shape index (κ1) is 18.2. The van der Waals surface area contributed by atoms with Crippen LogP contribution in [-0.2, 0) is 6.54 Å². The first-order valence-electron chi connectivity index (χ1n) is 8.90. The maximum atomic E-state index is 13.0. The van der Waals surface area contributed by atoms with Crippen molar-refractivity contribution in [1.82, 2.24) is 14.8 Å². The minimum Gasteiger partial charge on any atom is -0.423 e. The third-order valence-electron chi connectivity index (χ3n) is 4.81. The van der Waals surface area contributed by atoms with Crippen molar-refractivity contribution < 1.29 is 9.21 Å². The minimum atomic E-state index is -0.128. The SMILES string of the molecule is Cc1ccc(-c2nnco2)cc1NC(=O)c1cc(C)n(Cc2cccs2)c1C. The van der Waals surface area contributed by atoms with Crippen LogP contribution >= 0.6 is 11.3 Å². The van der Waals surface area contributed by atoms with Gasteiger partial charge in [-0.25, -0.2) is 0 Å². The Balaban J connectivity index is 1.60. The summed E-state index contributed by atoms with van der Waals surface area (Å²) in [5, 5.41) is 12.7. The summed E-state index contributed by atoms with van der Waals surface area (Å²) in [4.78, 5) is 14.2. The molecule has 4 aromatic rings. The maximum absolute atomic E-state index is 13.0. The molecule has 142 valence electrons. The summed E-state index contributed by atoms with van der Waals surface area (Å²) >= 11 is 1.72. The van der Waals surface area contributed by atoms with Gasteiger partial charge in [0.15, 0.2) is 0 Å². The quantitative estimate of drug-likeness (QED) is 0.528. The van der Waals surface area contributed by atoms with E-state index in [1.807, 2.05) is 51.1 Å². The molecule has 0 aliphatic heterocycles. The number of anilines is 1. The number of carbonyl (C=O) groups is 1. The molecule has 0 bridgehead atoms. The number of hydrogen-bond donors (Lipinski definition) is 1. The Labute approximate surface area is 166 Å². The largest absolute Gasteiger partial charge is 0.423 e. The number of benzene rings is 1. The van der Waals surface area contributed by atoms with Gasteiger partial charge in [0.1, 0.15) is 0 Å². The van der Waals surface area contributed by atoms with E-state index in [2.05, 4.69) is 31.5 Å². The molecule has 0 saturated carbocycles. The molecule has 3 heterocycles. The van der Waals surface area contributed by atoms with Crippen molar-refractivity contribution in [3.05, 3.63) is 75.6 Å². The van der Waals surface area contributed by atoms with E-state index >= 15 is 0 Å². The molecule has 28 heavy (non-hydrogen) atoms. The molecule has 0 radical (unpaired) electrons. The van der Waals surface area contributed by atoms with Crippen LogP contribution in [0.3, 0.4) is 0 Å². The second-order valence-electron chi connectivity index (χ2n) is 6.68. The molecule has 0 aliphatic rings. The number of nitrogens with zero attached hydrogens (tertiary/aromatic N) is 3. The summed E-state index contributed by atoms with van der Waals surface area (Å²) in [7, 11) is 0. The van der Waals surface area contributed by atoms with Crippen LogP contribution in [0, 0.1) is 20.8 Å². The first-order valence-corrected chi connectivity index (χ1v) is 9.78. The van der Waals surface area contributed by atoms with Crippen molar-refractivity contribution in [3.8, 4) is 11.5 Å². The zero-order valence-corrected chi connectivity index (χ0v) is 16.7. The van der Waals surface area contributed by atoms with Crippen LogP contribution in [0.4, 0.5) is 5.69 Å². The van der Waals surface area contributed by atoms with E-state index in [-0.39, 0.29) is 5.91 Å². The van der Waals surface area contributed by atoms with Crippen LogP contribution in [0.1, 0.15) is 32.2 Å². The van der Waals surface area contributed by atoms with Gasteiger partial charge in [-0.3, -0.25) is 4.79 Å². The maximum Gasteiger partial charge on any atom is 0.257 e. The van der Waals surface area contributed by atoms with Crippen LogP contribution < -0.4 is 5.32 Å². The molecule has 0 saturated heterocycles. The van der Waals surface area contributed by atoms with Crippen LogP contribution in [0.5, 0.6) is 0 Å². The van der Waals surface area contributed by atoms with Crippen molar-refractivity contribution in [2.75, 3.05) is 5.32 Å².